The summed E-state index contributed by atoms with van der Waals surface area (Å²) in [6.45, 7) is 1.89. The Kier molecular flexibility index (Phi) is 11.7. The first-order chi connectivity index (χ1) is 14.8. The average Bonchev–Trinajstić information content (AvgIpc) is 2.77. The van der Waals surface area contributed by atoms with Crippen LogP contribution in [-0.2, 0) is 19.1 Å². The largest absolute Gasteiger partial charge is 0.478 e. The molecular weight excluding hydrogens is 404 g/mol. The monoisotopic (exact) mass is 430 g/mol. The summed E-state index contributed by atoms with van der Waals surface area (Å²) >= 11 is 0. The Hall–Kier alpha value is -3.68. The molecule has 0 radical (unpaired) electrons. The highest BCUT2D eigenvalue weighted by atomic mass is 16.6. The maximum atomic E-state index is 11.0. The second-order valence-corrected chi connectivity index (χ2v) is 6.53. The van der Waals surface area contributed by atoms with E-state index in [2.05, 4.69) is 0 Å². The van der Waals surface area contributed by atoms with Gasteiger partial charge in [0.15, 0.2) is 0 Å². The molecule has 0 spiro atoms. The van der Waals surface area contributed by atoms with Gasteiger partial charge in [-0.3, -0.25) is 9.59 Å². The molecule has 0 saturated carbocycles. The van der Waals surface area contributed by atoms with E-state index in [1.54, 1.807) is 67.6 Å². The van der Waals surface area contributed by atoms with E-state index < -0.39 is 11.9 Å². The fourth-order valence-electron chi connectivity index (χ4n) is 2.30. The summed E-state index contributed by atoms with van der Waals surface area (Å²) in [7, 11) is 0. The van der Waals surface area contributed by atoms with E-state index in [4.69, 9.17) is 19.7 Å². The first-order valence-electron chi connectivity index (χ1n) is 9.71. The topological polar surface area (TPSA) is 127 Å². The van der Waals surface area contributed by atoms with Gasteiger partial charge in [0.05, 0.1) is 11.1 Å². The minimum absolute atomic E-state index is 0.171. The zero-order valence-corrected chi connectivity index (χ0v) is 17.2. The summed E-state index contributed by atoms with van der Waals surface area (Å²) in [4.78, 5) is 42.4. The van der Waals surface area contributed by atoms with Crippen molar-refractivity contribution in [3.8, 4) is 0 Å². The highest BCUT2D eigenvalue weighted by Gasteiger charge is 2.14. The van der Waals surface area contributed by atoms with Crippen LogP contribution in [0.5, 0.6) is 0 Å². The number of carboxylic acids is 2. The number of carboxylic acid groups (broad SMARTS) is 2. The number of benzene rings is 2. The van der Waals surface area contributed by atoms with E-state index in [1.165, 1.54) is 0 Å². The molecule has 2 aromatic carbocycles. The SMILES string of the molecule is CC1COC(=O)CCCCC(=O)O1.O=C(O)c1ccccc1.O=C(O)c1ccccc1. The Labute approximate surface area is 180 Å². The van der Waals surface area contributed by atoms with Gasteiger partial charge in [-0.1, -0.05) is 36.4 Å². The van der Waals surface area contributed by atoms with Crippen LogP contribution in [-0.4, -0.2) is 46.8 Å². The van der Waals surface area contributed by atoms with Gasteiger partial charge in [-0.2, -0.15) is 0 Å². The summed E-state index contributed by atoms with van der Waals surface area (Å²) in [6.07, 6.45) is 1.87. The van der Waals surface area contributed by atoms with Gasteiger partial charge in [0.2, 0.25) is 0 Å². The van der Waals surface area contributed by atoms with Crippen LogP contribution >= 0.6 is 0 Å². The number of esters is 2. The van der Waals surface area contributed by atoms with E-state index in [0.717, 1.165) is 0 Å². The lowest BCUT2D eigenvalue weighted by Crippen LogP contribution is -2.23. The molecule has 1 aliphatic heterocycles. The Balaban J connectivity index is 0.000000239. The Morgan fingerprint density at radius 3 is 1.58 bits per heavy atom. The molecule has 1 heterocycles. The third-order valence-corrected chi connectivity index (χ3v) is 3.86. The lowest BCUT2D eigenvalue weighted by atomic mass is 10.2. The molecule has 3 rings (SSSR count). The lowest BCUT2D eigenvalue weighted by molar-refractivity contribution is -0.159. The second kappa shape index (κ2) is 14.3. The van der Waals surface area contributed by atoms with Crippen molar-refractivity contribution in [2.45, 2.75) is 38.7 Å². The first kappa shape index (κ1) is 25.4. The van der Waals surface area contributed by atoms with Crippen molar-refractivity contribution in [3.63, 3.8) is 0 Å². The number of carbonyl (C=O) groups excluding carboxylic acids is 2. The molecule has 2 N–H and O–H groups in total. The van der Waals surface area contributed by atoms with Gasteiger partial charge >= 0.3 is 23.9 Å². The van der Waals surface area contributed by atoms with Crippen molar-refractivity contribution in [2.24, 2.45) is 0 Å². The van der Waals surface area contributed by atoms with Crippen LogP contribution in [0, 0.1) is 0 Å². The van der Waals surface area contributed by atoms with Crippen LogP contribution in [0.3, 0.4) is 0 Å². The third kappa shape index (κ3) is 11.8. The summed E-state index contributed by atoms with van der Waals surface area (Å²) in [5.74, 6) is -2.17. The van der Waals surface area contributed by atoms with Crippen molar-refractivity contribution in [1.29, 1.82) is 0 Å². The van der Waals surface area contributed by atoms with Crippen molar-refractivity contribution in [1.82, 2.24) is 0 Å². The maximum Gasteiger partial charge on any atom is 0.335 e. The van der Waals surface area contributed by atoms with E-state index >= 15 is 0 Å². The van der Waals surface area contributed by atoms with Crippen molar-refractivity contribution >= 4 is 23.9 Å². The zero-order valence-electron chi connectivity index (χ0n) is 17.2. The normalized spacial score (nSPS) is 16.1. The van der Waals surface area contributed by atoms with Gasteiger partial charge in [-0.05, 0) is 44.0 Å². The molecule has 1 fully saturated rings. The van der Waals surface area contributed by atoms with Crippen LogP contribution in [0.25, 0.3) is 0 Å². The standard InChI is InChI=1S/C9H14O4.2C7H6O2/c1-7-6-12-8(10)4-2-3-5-9(11)13-7;2*8-7(9)6-4-2-1-3-5-6/h7H,2-6H2,1H3;2*1-5H,(H,8,9). The molecule has 0 aliphatic carbocycles. The number of hydrogen-bond donors (Lipinski definition) is 2. The molecule has 1 unspecified atom stereocenters. The predicted molar refractivity (Wildman–Crippen MR) is 112 cm³/mol. The molecule has 1 aliphatic rings. The highest BCUT2D eigenvalue weighted by Crippen LogP contribution is 2.07. The number of rotatable bonds is 2. The molecule has 166 valence electrons. The van der Waals surface area contributed by atoms with Crippen molar-refractivity contribution < 1.29 is 38.9 Å². The smallest absolute Gasteiger partial charge is 0.335 e. The van der Waals surface area contributed by atoms with E-state index in [1.807, 2.05) is 0 Å². The molecule has 1 saturated heterocycles. The van der Waals surface area contributed by atoms with Crippen LogP contribution in [0.1, 0.15) is 53.3 Å². The molecule has 0 aromatic heterocycles. The quantitative estimate of drug-likeness (QED) is 0.689. The minimum Gasteiger partial charge on any atom is -0.478 e. The minimum atomic E-state index is -0.879. The fraction of sp³-hybridized carbons (Fsp3) is 0.304. The van der Waals surface area contributed by atoms with Gasteiger partial charge in [-0.25, -0.2) is 9.59 Å². The Bertz CT molecular complexity index is 784. The van der Waals surface area contributed by atoms with Gasteiger partial charge in [-0.15, -0.1) is 0 Å². The van der Waals surface area contributed by atoms with Gasteiger partial charge in [0, 0.05) is 12.8 Å². The number of hydrogen-bond acceptors (Lipinski definition) is 6. The van der Waals surface area contributed by atoms with Gasteiger partial charge in [0.1, 0.15) is 12.7 Å². The summed E-state index contributed by atoms with van der Waals surface area (Å²) in [5, 5.41) is 16.8. The molecule has 8 nitrogen and oxygen atoms in total. The predicted octanol–water partition coefficient (Wildman–Crippen LogP) is 3.80. The van der Waals surface area contributed by atoms with E-state index in [9.17, 15) is 19.2 Å². The van der Waals surface area contributed by atoms with E-state index in [0.29, 0.717) is 36.8 Å². The number of cyclic esters (lactones) is 2. The van der Waals surface area contributed by atoms with Crippen molar-refractivity contribution in [3.05, 3.63) is 71.8 Å². The highest BCUT2D eigenvalue weighted by molar-refractivity contribution is 5.87. The summed E-state index contributed by atoms with van der Waals surface area (Å²) in [5.41, 5.74) is 0.662. The molecule has 8 heteroatoms. The van der Waals surface area contributed by atoms with Crippen LogP contribution in [0.2, 0.25) is 0 Å². The van der Waals surface area contributed by atoms with E-state index in [-0.39, 0.29) is 24.6 Å². The Morgan fingerprint density at radius 2 is 1.19 bits per heavy atom. The van der Waals surface area contributed by atoms with Gasteiger partial charge in [0.25, 0.3) is 0 Å². The zero-order chi connectivity index (χ0) is 23.1. The Morgan fingerprint density at radius 1 is 0.774 bits per heavy atom. The van der Waals surface area contributed by atoms with Gasteiger partial charge < -0.3 is 19.7 Å². The molecule has 31 heavy (non-hydrogen) atoms. The molecule has 1 atom stereocenters. The summed E-state index contributed by atoms with van der Waals surface area (Å²) in [6, 6.07) is 16.6. The second-order valence-electron chi connectivity index (χ2n) is 6.53. The molecular formula is C23H26O8. The molecule has 2 aromatic rings. The van der Waals surface area contributed by atoms with Crippen molar-refractivity contribution in [2.75, 3.05) is 6.61 Å². The number of aromatic carboxylic acids is 2. The van der Waals surface area contributed by atoms with Crippen LogP contribution in [0.15, 0.2) is 60.7 Å². The summed E-state index contributed by atoms with van der Waals surface area (Å²) < 4.78 is 9.82. The number of carbonyl (C=O) groups is 4. The van der Waals surface area contributed by atoms with Crippen LogP contribution < -0.4 is 0 Å². The number of ether oxygens (including phenoxy) is 2. The average molecular weight is 430 g/mol. The third-order valence-electron chi connectivity index (χ3n) is 3.86. The molecule has 0 bridgehead atoms. The van der Waals surface area contributed by atoms with Crippen LogP contribution in [0.4, 0.5) is 0 Å². The first-order valence-corrected chi connectivity index (χ1v) is 9.71. The molecule has 0 amide bonds. The lowest BCUT2D eigenvalue weighted by Gasteiger charge is -2.15. The fourth-order valence-corrected chi connectivity index (χ4v) is 2.30. The maximum absolute atomic E-state index is 11.0.